The Morgan fingerprint density at radius 2 is 1.69 bits per heavy atom. The van der Waals surface area contributed by atoms with Crippen molar-refractivity contribution in [3.05, 3.63) is 64.2 Å². The average Bonchev–Trinajstić information content (AvgIpc) is 2.83. The van der Waals surface area contributed by atoms with Crippen molar-refractivity contribution in [2.75, 3.05) is 18.4 Å². The van der Waals surface area contributed by atoms with E-state index < -0.39 is 0 Å². The van der Waals surface area contributed by atoms with Gasteiger partial charge in [-0.3, -0.25) is 14.5 Å². The van der Waals surface area contributed by atoms with Gasteiger partial charge in [-0.1, -0.05) is 69.4 Å². The lowest BCUT2D eigenvalue weighted by Gasteiger charge is -2.33. The monoisotopic (exact) mass is 496 g/mol. The number of benzene rings is 2. The van der Waals surface area contributed by atoms with E-state index in [2.05, 4.69) is 60.5 Å². The van der Waals surface area contributed by atoms with Crippen molar-refractivity contribution in [1.82, 2.24) is 4.90 Å². The molecule has 0 fully saturated rings. The molecule has 4 nitrogen and oxygen atoms in total. The summed E-state index contributed by atoms with van der Waals surface area (Å²) in [6, 6.07) is 12.7. The largest absolute Gasteiger partial charge is 0.326 e. The number of fused-ring (bicyclic) bond motifs is 3. The second kappa shape index (κ2) is 13.2. The summed E-state index contributed by atoms with van der Waals surface area (Å²) < 4.78 is 0. The molecule has 35 heavy (non-hydrogen) atoms. The molecule has 2 aromatic carbocycles. The number of hydrogen-bond acceptors (Lipinski definition) is 3. The van der Waals surface area contributed by atoms with Crippen LogP contribution in [0.15, 0.2) is 36.4 Å². The van der Waals surface area contributed by atoms with E-state index in [0.717, 1.165) is 54.9 Å². The van der Waals surface area contributed by atoms with Gasteiger partial charge in [0.1, 0.15) is 0 Å². The number of amides is 1. The lowest BCUT2D eigenvalue weighted by molar-refractivity contribution is -0.116. The van der Waals surface area contributed by atoms with Crippen LogP contribution in [0.4, 0.5) is 5.69 Å². The summed E-state index contributed by atoms with van der Waals surface area (Å²) in [4.78, 5) is 28.3. The highest BCUT2D eigenvalue weighted by atomic mass is 35.5. The third-order valence-electron chi connectivity index (χ3n) is 7.56. The van der Waals surface area contributed by atoms with E-state index in [1.807, 2.05) is 0 Å². The zero-order valence-corrected chi connectivity index (χ0v) is 22.2. The molecule has 1 aliphatic heterocycles. The standard InChI is InChI=1S/C30H40N2O2.ClH/c1-3-4-5-6-7-11-18-32(20-23-12-9-8-10-13-23)21-24-14-15-25-22(2)19-27-26(29(25)30(24)34)16-17-28(33)31-27;/h8-10,12-13,19,24H,3-7,11,14-18,20-21H2,1-2H3,(H,31,33);1H. The van der Waals surface area contributed by atoms with Crippen molar-refractivity contribution in [2.24, 2.45) is 5.92 Å². The molecule has 2 aromatic rings. The third kappa shape index (κ3) is 6.95. The van der Waals surface area contributed by atoms with Gasteiger partial charge in [-0.05, 0) is 67.5 Å². The van der Waals surface area contributed by atoms with Crippen LogP contribution >= 0.6 is 12.4 Å². The van der Waals surface area contributed by atoms with Gasteiger partial charge in [-0.25, -0.2) is 0 Å². The van der Waals surface area contributed by atoms with E-state index in [0.29, 0.717) is 18.6 Å². The molecule has 5 heteroatoms. The maximum atomic E-state index is 13.8. The Labute approximate surface area is 217 Å². The van der Waals surface area contributed by atoms with Gasteiger partial charge in [0.25, 0.3) is 0 Å². The zero-order chi connectivity index (χ0) is 23.9. The van der Waals surface area contributed by atoms with Crippen LogP contribution < -0.4 is 5.32 Å². The van der Waals surface area contributed by atoms with Crippen molar-refractivity contribution >= 4 is 29.8 Å². The minimum atomic E-state index is 0. The molecule has 1 atom stereocenters. The number of halogens is 1. The van der Waals surface area contributed by atoms with Crippen LogP contribution in [0, 0.1) is 12.8 Å². The van der Waals surface area contributed by atoms with Crippen LogP contribution in [0.2, 0.25) is 0 Å². The highest BCUT2D eigenvalue weighted by molar-refractivity contribution is 6.05. The number of anilines is 1. The predicted octanol–water partition coefficient (Wildman–Crippen LogP) is 6.91. The first kappa shape index (κ1) is 27.4. The maximum Gasteiger partial charge on any atom is 0.224 e. The number of carbonyl (C=O) groups excluding carboxylic acids is 2. The molecular weight excluding hydrogens is 456 g/mol. The number of carbonyl (C=O) groups is 2. The van der Waals surface area contributed by atoms with Crippen molar-refractivity contribution < 1.29 is 9.59 Å². The van der Waals surface area contributed by atoms with E-state index in [4.69, 9.17) is 0 Å². The molecular formula is C30H41ClN2O2. The van der Waals surface area contributed by atoms with E-state index >= 15 is 0 Å². The minimum Gasteiger partial charge on any atom is -0.326 e. The lowest BCUT2D eigenvalue weighted by Crippen LogP contribution is -2.37. The summed E-state index contributed by atoms with van der Waals surface area (Å²) in [7, 11) is 0. The Kier molecular flexibility index (Phi) is 10.4. The van der Waals surface area contributed by atoms with E-state index in [9.17, 15) is 9.59 Å². The fourth-order valence-electron chi connectivity index (χ4n) is 5.68. The van der Waals surface area contributed by atoms with Gasteiger partial charge in [0.2, 0.25) is 5.91 Å². The van der Waals surface area contributed by atoms with Crippen molar-refractivity contribution in [3.63, 3.8) is 0 Å². The fourth-order valence-corrected chi connectivity index (χ4v) is 5.68. The topological polar surface area (TPSA) is 49.4 Å². The number of aryl methyl sites for hydroxylation is 1. The summed E-state index contributed by atoms with van der Waals surface area (Å²) in [6.45, 7) is 7.09. The smallest absolute Gasteiger partial charge is 0.224 e. The highest BCUT2D eigenvalue weighted by Crippen LogP contribution is 2.37. The van der Waals surface area contributed by atoms with E-state index in [-0.39, 0.29) is 24.2 Å². The molecule has 2 aliphatic rings. The summed E-state index contributed by atoms with van der Waals surface area (Å²) in [6.07, 6.45) is 10.7. The van der Waals surface area contributed by atoms with Gasteiger partial charge >= 0.3 is 0 Å². The van der Waals surface area contributed by atoms with Crippen LogP contribution in [-0.4, -0.2) is 29.7 Å². The first-order valence-electron chi connectivity index (χ1n) is 13.3. The molecule has 0 spiro atoms. The number of nitrogens with zero attached hydrogens (tertiary/aromatic N) is 1. The molecule has 4 rings (SSSR count). The molecule has 0 aromatic heterocycles. The molecule has 1 amide bonds. The Balaban J connectivity index is 0.00000342. The van der Waals surface area contributed by atoms with E-state index in [1.165, 1.54) is 49.7 Å². The summed E-state index contributed by atoms with van der Waals surface area (Å²) in [5.74, 6) is 0.373. The second-order valence-electron chi connectivity index (χ2n) is 10.2. The van der Waals surface area contributed by atoms with Crippen molar-refractivity contribution in [3.8, 4) is 0 Å². The number of unbranched alkanes of at least 4 members (excludes halogenated alkanes) is 5. The number of hydrogen-bond donors (Lipinski definition) is 1. The first-order chi connectivity index (χ1) is 16.6. The molecule has 190 valence electrons. The van der Waals surface area contributed by atoms with Crippen molar-refractivity contribution in [1.29, 1.82) is 0 Å². The molecule has 0 saturated carbocycles. The van der Waals surface area contributed by atoms with Gasteiger partial charge in [0, 0.05) is 36.7 Å². The SMILES string of the molecule is CCCCCCCCN(Cc1ccccc1)CC1CCc2c(C)cc3c(c2C1=O)CCC(=O)N3.Cl. The third-order valence-corrected chi connectivity index (χ3v) is 7.56. The quantitative estimate of drug-likeness (QED) is 0.344. The number of nitrogens with one attached hydrogen (secondary N) is 1. The first-order valence-corrected chi connectivity index (χ1v) is 13.3. The van der Waals surface area contributed by atoms with Gasteiger partial charge in [-0.2, -0.15) is 0 Å². The van der Waals surface area contributed by atoms with Crippen LogP contribution in [0.25, 0.3) is 0 Å². The van der Waals surface area contributed by atoms with Crippen LogP contribution in [0.1, 0.15) is 90.9 Å². The fraction of sp³-hybridized carbons (Fsp3) is 0.533. The molecule has 0 radical (unpaired) electrons. The van der Waals surface area contributed by atoms with Gasteiger partial charge in [-0.15, -0.1) is 12.4 Å². The minimum absolute atomic E-state index is 0. The summed E-state index contributed by atoms with van der Waals surface area (Å²) in [5.41, 5.74) is 6.51. The summed E-state index contributed by atoms with van der Waals surface area (Å²) >= 11 is 0. The molecule has 0 saturated heterocycles. The number of ketones is 1. The number of Topliss-reactive ketones (excluding diaryl/α,β-unsaturated/α-hetero) is 1. The van der Waals surface area contributed by atoms with Crippen molar-refractivity contribution in [2.45, 2.75) is 84.6 Å². The molecule has 1 heterocycles. The second-order valence-corrected chi connectivity index (χ2v) is 10.2. The average molecular weight is 497 g/mol. The molecule has 1 aliphatic carbocycles. The normalized spacial score (nSPS) is 16.9. The Hall–Kier alpha value is -2.17. The van der Waals surface area contributed by atoms with Crippen LogP contribution in [0.3, 0.4) is 0 Å². The Bertz CT molecular complexity index is 1010. The number of rotatable bonds is 11. The Morgan fingerprint density at radius 1 is 0.943 bits per heavy atom. The maximum absolute atomic E-state index is 13.8. The van der Waals surface area contributed by atoms with Gasteiger partial charge in [0.05, 0.1) is 0 Å². The highest BCUT2D eigenvalue weighted by Gasteiger charge is 2.34. The van der Waals surface area contributed by atoms with Gasteiger partial charge < -0.3 is 5.32 Å². The molecule has 0 bridgehead atoms. The Morgan fingerprint density at radius 3 is 2.46 bits per heavy atom. The lowest BCUT2D eigenvalue weighted by atomic mass is 9.76. The summed E-state index contributed by atoms with van der Waals surface area (Å²) in [5, 5.41) is 3.01. The predicted molar refractivity (Wildman–Crippen MR) is 147 cm³/mol. The van der Waals surface area contributed by atoms with E-state index in [1.54, 1.807) is 0 Å². The molecule has 1 N–H and O–H groups in total. The molecule has 1 unspecified atom stereocenters. The zero-order valence-electron chi connectivity index (χ0n) is 21.4. The van der Waals surface area contributed by atoms with Gasteiger partial charge in [0.15, 0.2) is 5.78 Å². The van der Waals surface area contributed by atoms with Crippen LogP contribution in [-0.2, 0) is 24.2 Å². The van der Waals surface area contributed by atoms with Crippen LogP contribution in [0.5, 0.6) is 0 Å².